The molecule has 1 aromatic carbocycles. The zero-order valence-electron chi connectivity index (χ0n) is 9.78. The van der Waals surface area contributed by atoms with E-state index in [-0.39, 0.29) is 10.7 Å². The van der Waals surface area contributed by atoms with Gasteiger partial charge in [0.15, 0.2) is 5.69 Å². The molecule has 0 saturated carbocycles. The summed E-state index contributed by atoms with van der Waals surface area (Å²) in [6.07, 6.45) is -3.98. The second-order valence-corrected chi connectivity index (χ2v) is 4.21. The van der Waals surface area contributed by atoms with Crippen molar-refractivity contribution in [3.63, 3.8) is 0 Å². The van der Waals surface area contributed by atoms with Gasteiger partial charge in [-0.25, -0.2) is 10.5 Å². The van der Waals surface area contributed by atoms with Gasteiger partial charge in [0.1, 0.15) is 0 Å². The molecular weight excluding hydrogens is 297 g/mol. The van der Waals surface area contributed by atoms with Crippen molar-refractivity contribution < 1.29 is 18.0 Å². The van der Waals surface area contributed by atoms with E-state index in [1.807, 2.05) is 0 Å². The van der Waals surface area contributed by atoms with Crippen LogP contribution in [-0.4, -0.2) is 15.7 Å². The van der Waals surface area contributed by atoms with Crippen LogP contribution in [0.25, 0.3) is 5.69 Å². The van der Waals surface area contributed by atoms with Crippen LogP contribution in [-0.2, 0) is 6.18 Å². The number of carbonyl (C=O) groups excluding carboxylic acids is 1. The average Bonchev–Trinajstić information content (AvgIpc) is 2.82. The largest absolute Gasteiger partial charge is 0.434 e. The van der Waals surface area contributed by atoms with Crippen molar-refractivity contribution in [1.29, 1.82) is 0 Å². The lowest BCUT2D eigenvalue weighted by Gasteiger charge is -2.12. The zero-order chi connectivity index (χ0) is 14.9. The van der Waals surface area contributed by atoms with Crippen molar-refractivity contribution in [3.05, 3.63) is 46.7 Å². The molecule has 1 heterocycles. The molecule has 106 valence electrons. The number of amides is 1. The minimum absolute atomic E-state index is 0.0842. The Morgan fingerprint density at radius 3 is 2.65 bits per heavy atom. The number of hydrazine groups is 1. The summed E-state index contributed by atoms with van der Waals surface area (Å²) >= 11 is 5.74. The molecule has 5 nitrogen and oxygen atoms in total. The van der Waals surface area contributed by atoms with Crippen LogP contribution in [0.15, 0.2) is 30.5 Å². The third kappa shape index (κ3) is 2.61. The predicted octanol–water partition coefficient (Wildman–Crippen LogP) is 2.15. The van der Waals surface area contributed by atoms with Crippen LogP contribution in [0.5, 0.6) is 0 Å². The molecule has 0 aliphatic rings. The van der Waals surface area contributed by atoms with Crippen molar-refractivity contribution in [2.24, 2.45) is 5.84 Å². The second-order valence-electron chi connectivity index (χ2n) is 3.77. The van der Waals surface area contributed by atoms with Gasteiger partial charge in [0.2, 0.25) is 0 Å². The van der Waals surface area contributed by atoms with Crippen molar-refractivity contribution in [2.75, 3.05) is 0 Å². The number of halogens is 4. The molecule has 0 bridgehead atoms. The Morgan fingerprint density at radius 1 is 1.40 bits per heavy atom. The van der Waals surface area contributed by atoms with E-state index in [2.05, 4.69) is 5.10 Å². The Bertz CT molecular complexity index is 653. The van der Waals surface area contributed by atoms with Crippen LogP contribution < -0.4 is 11.3 Å². The summed E-state index contributed by atoms with van der Waals surface area (Å²) in [5, 5.41) is 3.83. The van der Waals surface area contributed by atoms with E-state index in [4.69, 9.17) is 17.4 Å². The number of hydrogen-bond donors (Lipinski definition) is 2. The lowest BCUT2D eigenvalue weighted by atomic mass is 10.2. The molecule has 0 spiro atoms. The number of nitrogens with two attached hydrogens (primary N) is 1. The van der Waals surface area contributed by atoms with Gasteiger partial charge in [-0.05, 0) is 18.2 Å². The van der Waals surface area contributed by atoms with Gasteiger partial charge in [-0.1, -0.05) is 17.7 Å². The van der Waals surface area contributed by atoms with Gasteiger partial charge >= 0.3 is 6.18 Å². The summed E-state index contributed by atoms with van der Waals surface area (Å²) in [7, 11) is 0. The van der Waals surface area contributed by atoms with Gasteiger partial charge < -0.3 is 0 Å². The Balaban J connectivity index is 2.66. The van der Waals surface area contributed by atoms with Gasteiger partial charge in [0.05, 0.1) is 17.4 Å². The molecule has 2 rings (SSSR count). The first-order valence-electron chi connectivity index (χ1n) is 5.26. The standard InChI is InChI=1S/C11H8ClF3N4O/c12-6-2-1-3-7(4-6)19-9(11(13,14)15)8(5-17-19)10(20)18-16/h1-5H,16H2,(H,18,20). The molecule has 9 heteroatoms. The molecule has 0 aliphatic heterocycles. The molecule has 0 radical (unpaired) electrons. The van der Waals surface area contributed by atoms with Crippen molar-refractivity contribution in [1.82, 2.24) is 15.2 Å². The minimum Gasteiger partial charge on any atom is -0.290 e. The topological polar surface area (TPSA) is 72.9 Å². The number of alkyl halides is 3. The highest BCUT2D eigenvalue weighted by Gasteiger charge is 2.40. The molecule has 20 heavy (non-hydrogen) atoms. The molecule has 3 N–H and O–H groups in total. The first-order chi connectivity index (χ1) is 9.34. The highest BCUT2D eigenvalue weighted by molar-refractivity contribution is 6.30. The van der Waals surface area contributed by atoms with E-state index in [0.717, 1.165) is 6.20 Å². The molecule has 0 aliphatic carbocycles. The number of hydrogen-bond acceptors (Lipinski definition) is 3. The van der Waals surface area contributed by atoms with Crippen LogP contribution in [0.1, 0.15) is 16.1 Å². The quantitative estimate of drug-likeness (QED) is 0.507. The van der Waals surface area contributed by atoms with E-state index in [0.29, 0.717) is 4.68 Å². The molecule has 1 amide bonds. The number of nitrogen functional groups attached to an aromatic ring is 1. The molecule has 2 aromatic rings. The summed E-state index contributed by atoms with van der Waals surface area (Å²) in [4.78, 5) is 11.4. The molecule has 0 fully saturated rings. The van der Waals surface area contributed by atoms with Crippen molar-refractivity contribution in [2.45, 2.75) is 6.18 Å². The van der Waals surface area contributed by atoms with E-state index in [1.54, 1.807) is 5.43 Å². The number of carbonyl (C=O) groups is 1. The fourth-order valence-electron chi connectivity index (χ4n) is 1.67. The molecular formula is C11H8ClF3N4O. The Hall–Kier alpha value is -2.06. The number of nitrogens with one attached hydrogen (secondary N) is 1. The highest BCUT2D eigenvalue weighted by Crippen LogP contribution is 2.33. The number of aromatic nitrogens is 2. The van der Waals surface area contributed by atoms with Gasteiger partial charge in [0.25, 0.3) is 5.91 Å². The smallest absolute Gasteiger partial charge is 0.290 e. The summed E-state index contributed by atoms with van der Waals surface area (Å²) in [6.45, 7) is 0. The first kappa shape index (κ1) is 14.4. The second kappa shape index (κ2) is 5.14. The van der Waals surface area contributed by atoms with E-state index >= 15 is 0 Å². The minimum atomic E-state index is -4.78. The zero-order valence-corrected chi connectivity index (χ0v) is 10.5. The number of nitrogens with zero attached hydrogens (tertiary/aromatic N) is 2. The van der Waals surface area contributed by atoms with Gasteiger partial charge in [-0.3, -0.25) is 10.2 Å². The molecule has 0 unspecified atom stereocenters. The summed E-state index contributed by atoms with van der Waals surface area (Å²) in [5.41, 5.74) is -0.151. The summed E-state index contributed by atoms with van der Waals surface area (Å²) in [5.74, 6) is 3.79. The SMILES string of the molecule is NNC(=O)c1cnn(-c2cccc(Cl)c2)c1C(F)(F)F. The third-order valence-corrected chi connectivity index (χ3v) is 2.70. The van der Waals surface area contributed by atoms with Gasteiger partial charge in [-0.15, -0.1) is 0 Å². The Morgan fingerprint density at radius 2 is 2.10 bits per heavy atom. The maximum absolute atomic E-state index is 13.1. The van der Waals surface area contributed by atoms with Crippen molar-refractivity contribution >= 4 is 17.5 Å². The van der Waals surface area contributed by atoms with E-state index in [1.165, 1.54) is 24.3 Å². The van der Waals surface area contributed by atoms with Crippen LogP contribution in [0, 0.1) is 0 Å². The fourth-order valence-corrected chi connectivity index (χ4v) is 1.85. The lowest BCUT2D eigenvalue weighted by Crippen LogP contribution is -2.31. The maximum Gasteiger partial charge on any atom is 0.434 e. The average molecular weight is 305 g/mol. The number of benzene rings is 1. The van der Waals surface area contributed by atoms with Crippen molar-refractivity contribution in [3.8, 4) is 5.69 Å². The maximum atomic E-state index is 13.1. The fraction of sp³-hybridized carbons (Fsp3) is 0.0909. The Kier molecular flexibility index (Phi) is 3.69. The van der Waals surface area contributed by atoms with Crippen LogP contribution >= 0.6 is 11.6 Å². The molecule has 1 aromatic heterocycles. The summed E-state index contributed by atoms with van der Waals surface area (Å²) in [6, 6.07) is 5.67. The number of rotatable bonds is 2. The van der Waals surface area contributed by atoms with Crippen LogP contribution in [0.3, 0.4) is 0 Å². The van der Waals surface area contributed by atoms with Crippen LogP contribution in [0.2, 0.25) is 5.02 Å². The summed E-state index contributed by atoms with van der Waals surface area (Å²) < 4.78 is 39.9. The first-order valence-corrected chi connectivity index (χ1v) is 5.64. The predicted molar refractivity (Wildman–Crippen MR) is 65.2 cm³/mol. The van der Waals surface area contributed by atoms with Gasteiger partial charge in [-0.2, -0.15) is 18.3 Å². The third-order valence-electron chi connectivity index (χ3n) is 2.47. The normalized spacial score (nSPS) is 11.4. The molecule has 0 atom stereocenters. The van der Waals surface area contributed by atoms with E-state index < -0.39 is 23.3 Å². The monoisotopic (exact) mass is 304 g/mol. The van der Waals surface area contributed by atoms with Gasteiger partial charge in [0, 0.05) is 5.02 Å². The van der Waals surface area contributed by atoms with Crippen LogP contribution in [0.4, 0.5) is 13.2 Å². The Labute approximate surface area is 116 Å². The lowest BCUT2D eigenvalue weighted by molar-refractivity contribution is -0.143. The highest BCUT2D eigenvalue weighted by atomic mass is 35.5. The van der Waals surface area contributed by atoms with E-state index in [9.17, 15) is 18.0 Å². The molecule has 0 saturated heterocycles.